The van der Waals surface area contributed by atoms with Crippen molar-refractivity contribution in [2.45, 2.75) is 20.0 Å². The van der Waals surface area contributed by atoms with Crippen molar-refractivity contribution in [3.05, 3.63) is 59.7 Å². The average Bonchev–Trinajstić information content (AvgIpc) is 2.89. The minimum atomic E-state index is -0.496. The predicted molar refractivity (Wildman–Crippen MR) is 104 cm³/mol. The van der Waals surface area contributed by atoms with Gasteiger partial charge in [-0.2, -0.15) is 0 Å². The summed E-state index contributed by atoms with van der Waals surface area (Å²) in [7, 11) is 1.86. The summed E-state index contributed by atoms with van der Waals surface area (Å²) in [6, 6.07) is 3.30. The molecule has 0 atom stereocenters. The summed E-state index contributed by atoms with van der Waals surface area (Å²) in [4.78, 5) is 4.27. The fourth-order valence-electron chi connectivity index (χ4n) is 1.94. The SMILES string of the molecule is C=CCNC(=NCc1cc(F)ccc1F)NCc1nnc(C)n1C.I. The summed E-state index contributed by atoms with van der Waals surface area (Å²) < 4.78 is 28.7. The van der Waals surface area contributed by atoms with Gasteiger partial charge in [-0.25, -0.2) is 13.8 Å². The largest absolute Gasteiger partial charge is 0.353 e. The Hall–Kier alpha value is -2.04. The second-order valence-corrected chi connectivity index (χ2v) is 5.15. The summed E-state index contributed by atoms with van der Waals surface area (Å²) in [6.07, 6.45) is 1.67. The molecule has 0 radical (unpaired) electrons. The first-order valence-corrected chi connectivity index (χ1v) is 7.43. The smallest absolute Gasteiger partial charge is 0.192 e. The molecule has 0 aliphatic carbocycles. The monoisotopic (exact) mass is 462 g/mol. The molecular weight excluding hydrogens is 441 g/mol. The Bertz CT molecular complexity index is 744. The number of nitrogens with one attached hydrogen (secondary N) is 2. The van der Waals surface area contributed by atoms with Crippen molar-refractivity contribution in [1.82, 2.24) is 25.4 Å². The number of aromatic nitrogens is 3. The zero-order chi connectivity index (χ0) is 17.5. The van der Waals surface area contributed by atoms with Crippen molar-refractivity contribution < 1.29 is 8.78 Å². The van der Waals surface area contributed by atoms with Crippen molar-refractivity contribution in [3.8, 4) is 0 Å². The Morgan fingerprint density at radius 1 is 1.32 bits per heavy atom. The number of hydrogen-bond acceptors (Lipinski definition) is 3. The van der Waals surface area contributed by atoms with E-state index in [1.807, 2.05) is 18.5 Å². The molecule has 1 aromatic heterocycles. The molecule has 0 saturated heterocycles. The zero-order valence-corrected chi connectivity index (χ0v) is 16.4. The van der Waals surface area contributed by atoms with Crippen LogP contribution in [0.15, 0.2) is 35.8 Å². The fourth-order valence-corrected chi connectivity index (χ4v) is 1.94. The minimum Gasteiger partial charge on any atom is -0.353 e. The lowest BCUT2D eigenvalue weighted by atomic mass is 10.2. The maximum Gasteiger partial charge on any atom is 0.192 e. The first-order valence-electron chi connectivity index (χ1n) is 7.43. The van der Waals surface area contributed by atoms with Gasteiger partial charge in [-0.05, 0) is 25.1 Å². The van der Waals surface area contributed by atoms with E-state index in [0.717, 1.165) is 29.8 Å². The highest BCUT2D eigenvalue weighted by atomic mass is 127. The molecule has 2 rings (SSSR count). The molecule has 136 valence electrons. The molecule has 9 heteroatoms. The van der Waals surface area contributed by atoms with Gasteiger partial charge in [0.25, 0.3) is 0 Å². The van der Waals surface area contributed by atoms with Crippen LogP contribution >= 0.6 is 24.0 Å². The minimum absolute atomic E-state index is 0. The lowest BCUT2D eigenvalue weighted by molar-refractivity contribution is 0.585. The van der Waals surface area contributed by atoms with Gasteiger partial charge in [-0.1, -0.05) is 6.08 Å². The van der Waals surface area contributed by atoms with Crippen molar-refractivity contribution in [2.75, 3.05) is 6.54 Å². The van der Waals surface area contributed by atoms with Gasteiger partial charge in [0.05, 0.1) is 13.1 Å². The Morgan fingerprint density at radius 3 is 2.72 bits per heavy atom. The Kier molecular flexibility index (Phi) is 8.46. The number of aliphatic imine (C=N–C) groups is 1. The van der Waals surface area contributed by atoms with Crippen molar-refractivity contribution >= 4 is 29.9 Å². The topological polar surface area (TPSA) is 67.1 Å². The van der Waals surface area contributed by atoms with Crippen LogP contribution in [-0.2, 0) is 20.1 Å². The first-order chi connectivity index (χ1) is 11.5. The van der Waals surface area contributed by atoms with E-state index < -0.39 is 11.6 Å². The molecule has 0 bridgehead atoms. The molecule has 2 N–H and O–H groups in total. The molecule has 2 aromatic rings. The maximum absolute atomic E-state index is 13.7. The molecule has 0 fully saturated rings. The van der Waals surface area contributed by atoms with Crippen LogP contribution in [0.2, 0.25) is 0 Å². The number of nitrogens with zero attached hydrogens (tertiary/aromatic N) is 4. The molecule has 0 aliphatic heterocycles. The zero-order valence-electron chi connectivity index (χ0n) is 14.1. The number of hydrogen-bond donors (Lipinski definition) is 2. The summed E-state index contributed by atoms with van der Waals surface area (Å²) >= 11 is 0. The fraction of sp³-hybridized carbons (Fsp3) is 0.312. The van der Waals surface area contributed by atoms with E-state index in [4.69, 9.17) is 0 Å². The summed E-state index contributed by atoms with van der Waals surface area (Å²) in [5.74, 6) is 0.986. The van der Waals surface area contributed by atoms with E-state index >= 15 is 0 Å². The molecule has 0 spiro atoms. The van der Waals surface area contributed by atoms with E-state index in [1.54, 1.807) is 6.08 Å². The highest BCUT2D eigenvalue weighted by Crippen LogP contribution is 2.10. The van der Waals surface area contributed by atoms with Crippen molar-refractivity contribution in [3.63, 3.8) is 0 Å². The third kappa shape index (κ3) is 6.07. The molecule has 0 unspecified atom stereocenters. The molecule has 0 saturated carbocycles. The molecule has 1 aromatic carbocycles. The molecule has 0 aliphatic rings. The number of halogens is 3. The van der Waals surface area contributed by atoms with Gasteiger partial charge in [0.2, 0.25) is 0 Å². The highest BCUT2D eigenvalue weighted by molar-refractivity contribution is 14.0. The van der Waals surface area contributed by atoms with Crippen LogP contribution in [0.4, 0.5) is 8.78 Å². The summed E-state index contributed by atoms with van der Waals surface area (Å²) in [5, 5.41) is 14.1. The quantitative estimate of drug-likeness (QED) is 0.300. The van der Waals surface area contributed by atoms with E-state index in [2.05, 4.69) is 32.4 Å². The van der Waals surface area contributed by atoms with Gasteiger partial charge in [0, 0.05) is 19.2 Å². The number of aryl methyl sites for hydroxylation is 1. The third-order valence-electron chi connectivity index (χ3n) is 3.43. The second-order valence-electron chi connectivity index (χ2n) is 5.15. The Balaban J connectivity index is 0.00000312. The highest BCUT2D eigenvalue weighted by Gasteiger charge is 2.07. The molecular formula is C16H21F2IN6. The van der Waals surface area contributed by atoms with Crippen LogP contribution in [0.1, 0.15) is 17.2 Å². The van der Waals surface area contributed by atoms with Crippen molar-refractivity contribution in [1.29, 1.82) is 0 Å². The van der Waals surface area contributed by atoms with Crippen LogP contribution in [-0.4, -0.2) is 27.3 Å². The van der Waals surface area contributed by atoms with E-state index in [0.29, 0.717) is 19.0 Å². The van der Waals surface area contributed by atoms with Gasteiger partial charge in [0.1, 0.15) is 17.5 Å². The van der Waals surface area contributed by atoms with Crippen LogP contribution in [0.25, 0.3) is 0 Å². The van der Waals surface area contributed by atoms with Gasteiger partial charge < -0.3 is 15.2 Å². The number of guanidine groups is 1. The van der Waals surface area contributed by atoms with E-state index in [1.165, 1.54) is 0 Å². The third-order valence-corrected chi connectivity index (χ3v) is 3.43. The van der Waals surface area contributed by atoms with Crippen LogP contribution in [0.3, 0.4) is 0 Å². The summed E-state index contributed by atoms with van der Waals surface area (Å²) in [5.41, 5.74) is 0.184. The maximum atomic E-state index is 13.7. The number of benzene rings is 1. The van der Waals surface area contributed by atoms with Crippen LogP contribution in [0, 0.1) is 18.6 Å². The normalized spacial score (nSPS) is 11.0. The van der Waals surface area contributed by atoms with Crippen molar-refractivity contribution in [2.24, 2.45) is 12.0 Å². The van der Waals surface area contributed by atoms with Crippen LogP contribution < -0.4 is 10.6 Å². The molecule has 6 nitrogen and oxygen atoms in total. The second kappa shape index (κ2) is 10.1. The van der Waals surface area contributed by atoms with E-state index in [9.17, 15) is 8.78 Å². The average molecular weight is 462 g/mol. The summed E-state index contributed by atoms with van der Waals surface area (Å²) in [6.45, 7) is 6.37. The Labute approximate surface area is 162 Å². The van der Waals surface area contributed by atoms with Gasteiger partial charge >= 0.3 is 0 Å². The molecule has 25 heavy (non-hydrogen) atoms. The van der Waals surface area contributed by atoms with Gasteiger partial charge in [0.15, 0.2) is 11.8 Å². The predicted octanol–water partition coefficient (Wildman–Crippen LogP) is 2.44. The van der Waals surface area contributed by atoms with E-state index in [-0.39, 0.29) is 36.1 Å². The Morgan fingerprint density at radius 2 is 2.08 bits per heavy atom. The first kappa shape index (κ1) is 21.0. The molecule has 0 amide bonds. The standard InChI is InChI=1S/C16H20F2N6.HI/c1-4-7-19-16(21-10-15-23-22-11(2)24(15)3)20-9-12-8-13(17)5-6-14(12)18;/h4-6,8H,1,7,9-10H2,2-3H3,(H2,19,20,21);1H. The van der Waals surface area contributed by atoms with Gasteiger partial charge in [-0.3, -0.25) is 0 Å². The molecule has 1 heterocycles. The van der Waals surface area contributed by atoms with Crippen LogP contribution in [0.5, 0.6) is 0 Å². The lowest BCUT2D eigenvalue weighted by Gasteiger charge is -2.11. The lowest BCUT2D eigenvalue weighted by Crippen LogP contribution is -2.37. The number of rotatable bonds is 6. The van der Waals surface area contributed by atoms with Gasteiger partial charge in [-0.15, -0.1) is 40.8 Å².